The number of aromatic nitrogens is 5. The molecule has 0 atom stereocenters. The highest BCUT2D eigenvalue weighted by Gasteiger charge is 2.20. The van der Waals surface area contributed by atoms with Gasteiger partial charge in [-0.25, -0.2) is 24.7 Å². The maximum atomic E-state index is 12.9. The van der Waals surface area contributed by atoms with Crippen LogP contribution in [0.1, 0.15) is 6.92 Å². The number of benzene rings is 2. The van der Waals surface area contributed by atoms with E-state index in [4.69, 9.17) is 19.7 Å². The molecule has 12 nitrogen and oxygen atoms in total. The molecule has 0 spiro atoms. The summed E-state index contributed by atoms with van der Waals surface area (Å²) in [6.07, 6.45) is 6.77. The fraction of sp³-hybridized carbons (Fsp3) is 0.194. The Bertz CT molecular complexity index is 1760. The summed E-state index contributed by atoms with van der Waals surface area (Å²) >= 11 is 0. The minimum Gasteiger partial charge on any atom is -0.378 e. The van der Waals surface area contributed by atoms with Gasteiger partial charge in [-0.2, -0.15) is 0 Å². The molecule has 43 heavy (non-hydrogen) atoms. The largest absolute Gasteiger partial charge is 0.378 e. The predicted octanol–water partition coefficient (Wildman–Crippen LogP) is 4.61. The molecular formula is C31H29N9O3. The van der Waals surface area contributed by atoms with Gasteiger partial charge in [0.15, 0.2) is 11.6 Å². The minimum absolute atomic E-state index is 0.155. The number of carbonyl (C=O) groups excluding carboxylic acids is 2. The Kier molecular flexibility index (Phi) is 7.83. The molecule has 0 saturated carbocycles. The highest BCUT2D eigenvalue weighted by molar-refractivity contribution is 6.01. The van der Waals surface area contributed by atoms with Crippen molar-refractivity contribution in [3.63, 3.8) is 0 Å². The molecule has 1 saturated heterocycles. The normalized spacial score (nSPS) is 13.0. The van der Waals surface area contributed by atoms with E-state index in [0.29, 0.717) is 60.2 Å². The summed E-state index contributed by atoms with van der Waals surface area (Å²) in [5.41, 5.74) is 5.88. The van der Waals surface area contributed by atoms with Gasteiger partial charge in [-0.05, 0) is 54.6 Å². The number of pyridine rings is 1. The van der Waals surface area contributed by atoms with Crippen LogP contribution in [0.3, 0.4) is 0 Å². The molecule has 0 bridgehead atoms. The minimum atomic E-state index is -0.305. The smallest absolute Gasteiger partial charge is 0.326 e. The first-order chi connectivity index (χ1) is 20.9. The van der Waals surface area contributed by atoms with E-state index in [2.05, 4.69) is 25.5 Å². The van der Waals surface area contributed by atoms with Crippen LogP contribution >= 0.6 is 0 Å². The second-order valence-corrected chi connectivity index (χ2v) is 9.98. The molecule has 1 aliphatic heterocycles. The molecule has 1 fully saturated rings. The van der Waals surface area contributed by atoms with E-state index in [0.717, 1.165) is 22.5 Å². The summed E-state index contributed by atoms with van der Waals surface area (Å²) in [5, 5.41) is 5.63. The van der Waals surface area contributed by atoms with Crippen molar-refractivity contribution < 1.29 is 14.3 Å². The van der Waals surface area contributed by atoms with Gasteiger partial charge in [0.2, 0.25) is 5.91 Å². The third kappa shape index (κ3) is 6.23. The molecule has 3 amide bonds. The van der Waals surface area contributed by atoms with Crippen LogP contribution in [0.4, 0.5) is 27.7 Å². The maximum Gasteiger partial charge on any atom is 0.326 e. The monoisotopic (exact) mass is 575 g/mol. The summed E-state index contributed by atoms with van der Waals surface area (Å²) < 4.78 is 5.56. The lowest BCUT2D eigenvalue weighted by Crippen LogP contribution is -2.37. The maximum absolute atomic E-state index is 12.9. The Hall–Kier alpha value is -5.49. The Morgan fingerprint density at radius 1 is 0.837 bits per heavy atom. The van der Waals surface area contributed by atoms with E-state index in [9.17, 15) is 9.59 Å². The van der Waals surface area contributed by atoms with Gasteiger partial charge in [-0.3, -0.25) is 14.7 Å². The third-order valence-corrected chi connectivity index (χ3v) is 7.00. The van der Waals surface area contributed by atoms with Crippen molar-refractivity contribution in [1.82, 2.24) is 24.9 Å². The van der Waals surface area contributed by atoms with Crippen molar-refractivity contribution in [3.8, 4) is 22.5 Å². The van der Waals surface area contributed by atoms with Gasteiger partial charge in [0.25, 0.3) is 0 Å². The van der Waals surface area contributed by atoms with E-state index in [1.54, 1.807) is 49.9 Å². The first-order valence-electron chi connectivity index (χ1n) is 13.7. The van der Waals surface area contributed by atoms with Crippen molar-refractivity contribution in [2.24, 2.45) is 0 Å². The lowest BCUT2D eigenvalue weighted by Gasteiger charge is -2.28. The van der Waals surface area contributed by atoms with Crippen LogP contribution in [0.15, 0.2) is 79.5 Å². The van der Waals surface area contributed by atoms with Crippen molar-refractivity contribution >= 4 is 45.9 Å². The highest BCUT2D eigenvalue weighted by Crippen LogP contribution is 2.30. The molecule has 0 unspecified atom stereocenters. The zero-order valence-electron chi connectivity index (χ0n) is 23.7. The summed E-state index contributed by atoms with van der Waals surface area (Å²) in [7, 11) is 1.68. The number of urea groups is 1. The SMILES string of the molecule is CC(=O)Nc1ccc(N(C)C(=O)Nc2ccc(-c3nc(N4CCOCC4)c4ncc(-c5cncnc5)cc4n3)cc2)cc1. The van der Waals surface area contributed by atoms with Crippen molar-refractivity contribution in [3.05, 3.63) is 79.5 Å². The average Bonchev–Trinajstić information content (AvgIpc) is 3.05. The van der Waals surface area contributed by atoms with Crippen LogP contribution in [0.5, 0.6) is 0 Å². The highest BCUT2D eigenvalue weighted by atomic mass is 16.5. The van der Waals surface area contributed by atoms with E-state index in [1.807, 2.05) is 30.3 Å². The van der Waals surface area contributed by atoms with Gasteiger partial charge in [-0.15, -0.1) is 0 Å². The molecule has 2 aromatic carbocycles. The fourth-order valence-corrected chi connectivity index (χ4v) is 4.73. The van der Waals surface area contributed by atoms with Gasteiger partial charge in [0, 0.05) is 79.4 Å². The number of morpholine rings is 1. The Labute approximate surface area is 247 Å². The second-order valence-electron chi connectivity index (χ2n) is 9.98. The third-order valence-electron chi connectivity index (χ3n) is 7.00. The number of carbonyl (C=O) groups is 2. The standard InChI is InChI=1S/C31H29N9O3/c1-20(41)35-24-7-9-26(10-8-24)39(2)31(42)36-25-5-3-21(4-6-25)29-37-27-15-22(23-16-32-19-33-17-23)18-34-28(27)30(38-29)40-11-13-43-14-12-40/h3-10,15-19H,11-14H2,1-2H3,(H,35,41)(H,36,42). The molecule has 5 aromatic rings. The van der Waals surface area contributed by atoms with Gasteiger partial charge in [0.1, 0.15) is 11.8 Å². The summed E-state index contributed by atoms with van der Waals surface area (Å²) in [6, 6.07) is 16.1. The molecular weight excluding hydrogens is 546 g/mol. The first-order valence-corrected chi connectivity index (χ1v) is 13.7. The lowest BCUT2D eigenvalue weighted by atomic mass is 10.1. The first kappa shape index (κ1) is 27.7. The molecule has 6 rings (SSSR count). The molecule has 0 aliphatic carbocycles. The van der Waals surface area contributed by atoms with Gasteiger partial charge < -0.3 is 20.3 Å². The molecule has 3 aromatic heterocycles. The number of hydrogen-bond acceptors (Lipinski definition) is 9. The Morgan fingerprint density at radius 3 is 2.21 bits per heavy atom. The number of anilines is 4. The zero-order chi connectivity index (χ0) is 29.8. The van der Waals surface area contributed by atoms with Crippen LogP contribution in [0.25, 0.3) is 33.5 Å². The van der Waals surface area contributed by atoms with Crippen molar-refractivity contribution in [2.45, 2.75) is 6.92 Å². The summed E-state index contributed by atoms with van der Waals surface area (Å²) in [5.74, 6) is 1.15. The van der Waals surface area contributed by atoms with E-state index in [-0.39, 0.29) is 11.9 Å². The van der Waals surface area contributed by atoms with Gasteiger partial charge in [-0.1, -0.05) is 0 Å². The number of amides is 3. The quantitative estimate of drug-likeness (QED) is 0.297. The number of ether oxygens (including phenoxy) is 1. The number of nitrogens with one attached hydrogen (secondary N) is 2. The molecule has 2 N–H and O–H groups in total. The van der Waals surface area contributed by atoms with E-state index < -0.39 is 0 Å². The molecule has 12 heteroatoms. The Morgan fingerprint density at radius 2 is 1.51 bits per heavy atom. The van der Waals surface area contributed by atoms with Crippen molar-refractivity contribution in [2.75, 3.05) is 53.8 Å². The Balaban J connectivity index is 1.26. The van der Waals surface area contributed by atoms with E-state index in [1.165, 1.54) is 18.2 Å². The molecule has 216 valence electrons. The number of nitrogens with zero attached hydrogens (tertiary/aromatic N) is 7. The van der Waals surface area contributed by atoms with Crippen LogP contribution in [-0.2, 0) is 9.53 Å². The fourth-order valence-electron chi connectivity index (χ4n) is 4.73. The molecule has 1 aliphatic rings. The topological polar surface area (TPSA) is 138 Å². The zero-order valence-corrected chi connectivity index (χ0v) is 23.7. The van der Waals surface area contributed by atoms with Crippen LogP contribution in [0, 0.1) is 0 Å². The van der Waals surface area contributed by atoms with Crippen molar-refractivity contribution in [1.29, 1.82) is 0 Å². The van der Waals surface area contributed by atoms with Gasteiger partial charge >= 0.3 is 6.03 Å². The number of hydrogen-bond donors (Lipinski definition) is 2. The number of rotatable bonds is 6. The predicted molar refractivity (Wildman–Crippen MR) is 165 cm³/mol. The molecule has 0 radical (unpaired) electrons. The second kappa shape index (κ2) is 12.2. The number of fused-ring (bicyclic) bond motifs is 1. The molecule has 4 heterocycles. The average molecular weight is 576 g/mol. The van der Waals surface area contributed by atoms with Gasteiger partial charge in [0.05, 0.1) is 18.7 Å². The summed E-state index contributed by atoms with van der Waals surface area (Å²) in [4.78, 5) is 50.7. The summed E-state index contributed by atoms with van der Waals surface area (Å²) in [6.45, 7) is 4.08. The lowest BCUT2D eigenvalue weighted by molar-refractivity contribution is -0.114. The van der Waals surface area contributed by atoms with Crippen LogP contribution in [0.2, 0.25) is 0 Å². The van der Waals surface area contributed by atoms with E-state index >= 15 is 0 Å². The van der Waals surface area contributed by atoms with Crippen LogP contribution < -0.4 is 20.4 Å². The van der Waals surface area contributed by atoms with Crippen LogP contribution in [-0.4, -0.2) is 70.2 Å².